The smallest absolute Gasteiger partial charge is 0.191 e. The minimum atomic E-state index is -0.556. The van der Waals surface area contributed by atoms with Gasteiger partial charge in [-0.05, 0) is 32.3 Å². The van der Waals surface area contributed by atoms with Gasteiger partial charge >= 0.3 is 0 Å². The van der Waals surface area contributed by atoms with Crippen LogP contribution in [0.2, 0.25) is 0 Å². The summed E-state index contributed by atoms with van der Waals surface area (Å²) >= 11 is 0. The SMILES string of the molecule is CCNC(=NCc1cccc(C)c1)NCC1(O)CCCC1.I. The topological polar surface area (TPSA) is 56.7 Å². The Morgan fingerprint density at radius 1 is 1.27 bits per heavy atom. The van der Waals surface area contributed by atoms with Gasteiger partial charge in [-0.15, -0.1) is 24.0 Å². The molecule has 0 aliphatic heterocycles. The molecule has 1 aliphatic rings. The van der Waals surface area contributed by atoms with Crippen molar-refractivity contribution in [1.29, 1.82) is 0 Å². The molecule has 1 aromatic rings. The van der Waals surface area contributed by atoms with Gasteiger partial charge in [-0.1, -0.05) is 42.7 Å². The summed E-state index contributed by atoms with van der Waals surface area (Å²) in [5, 5.41) is 16.9. The Labute approximate surface area is 150 Å². The van der Waals surface area contributed by atoms with E-state index in [2.05, 4.69) is 46.8 Å². The number of nitrogens with zero attached hydrogens (tertiary/aromatic N) is 1. The molecule has 5 heteroatoms. The number of rotatable bonds is 5. The van der Waals surface area contributed by atoms with E-state index in [1.807, 2.05) is 6.92 Å². The van der Waals surface area contributed by atoms with Crippen LogP contribution in [0.4, 0.5) is 0 Å². The lowest BCUT2D eigenvalue weighted by atomic mass is 10.0. The molecule has 0 radical (unpaired) electrons. The Bertz CT molecular complexity index is 485. The fourth-order valence-electron chi connectivity index (χ4n) is 2.78. The summed E-state index contributed by atoms with van der Waals surface area (Å²) in [5.74, 6) is 0.777. The van der Waals surface area contributed by atoms with E-state index in [0.717, 1.165) is 38.2 Å². The number of aryl methyl sites for hydroxylation is 1. The molecular formula is C17H28IN3O. The highest BCUT2D eigenvalue weighted by molar-refractivity contribution is 14.0. The molecule has 0 unspecified atom stereocenters. The molecule has 0 saturated heterocycles. The molecule has 0 heterocycles. The Morgan fingerprint density at radius 2 is 2.00 bits per heavy atom. The normalized spacial score (nSPS) is 17.0. The van der Waals surface area contributed by atoms with Gasteiger partial charge in [0.25, 0.3) is 0 Å². The van der Waals surface area contributed by atoms with Gasteiger partial charge in [-0.25, -0.2) is 4.99 Å². The van der Waals surface area contributed by atoms with Gasteiger partial charge in [0, 0.05) is 13.1 Å². The third-order valence-electron chi connectivity index (χ3n) is 3.97. The molecule has 0 bridgehead atoms. The first-order valence-electron chi connectivity index (χ1n) is 7.91. The number of nitrogens with one attached hydrogen (secondary N) is 2. The van der Waals surface area contributed by atoms with E-state index < -0.39 is 5.60 Å². The molecule has 1 aromatic carbocycles. The predicted octanol–water partition coefficient (Wildman–Crippen LogP) is 2.97. The number of hydrogen-bond donors (Lipinski definition) is 3. The lowest BCUT2D eigenvalue weighted by molar-refractivity contribution is 0.0522. The van der Waals surface area contributed by atoms with Crippen molar-refractivity contribution in [2.45, 2.75) is 51.7 Å². The maximum Gasteiger partial charge on any atom is 0.191 e. The quantitative estimate of drug-likeness (QED) is 0.392. The van der Waals surface area contributed by atoms with Gasteiger partial charge in [0.05, 0.1) is 12.1 Å². The van der Waals surface area contributed by atoms with Crippen LogP contribution in [0.5, 0.6) is 0 Å². The molecule has 1 fully saturated rings. The van der Waals surface area contributed by atoms with E-state index in [4.69, 9.17) is 0 Å². The van der Waals surface area contributed by atoms with Crippen molar-refractivity contribution in [2.24, 2.45) is 4.99 Å². The van der Waals surface area contributed by atoms with Gasteiger partial charge < -0.3 is 15.7 Å². The summed E-state index contributed by atoms with van der Waals surface area (Å²) in [5.41, 5.74) is 1.90. The Morgan fingerprint density at radius 3 is 2.64 bits per heavy atom. The summed E-state index contributed by atoms with van der Waals surface area (Å²) in [6.45, 7) is 6.18. The van der Waals surface area contributed by atoms with Gasteiger partial charge in [0.1, 0.15) is 0 Å². The van der Waals surface area contributed by atoms with Crippen LogP contribution in [-0.2, 0) is 6.54 Å². The molecule has 124 valence electrons. The van der Waals surface area contributed by atoms with Crippen molar-refractivity contribution >= 4 is 29.9 Å². The first-order chi connectivity index (χ1) is 10.1. The molecule has 1 aliphatic carbocycles. The van der Waals surface area contributed by atoms with E-state index in [9.17, 15) is 5.11 Å². The van der Waals surface area contributed by atoms with Crippen molar-refractivity contribution < 1.29 is 5.11 Å². The molecule has 0 aromatic heterocycles. The number of benzene rings is 1. The van der Waals surface area contributed by atoms with Crippen LogP contribution in [0.25, 0.3) is 0 Å². The van der Waals surface area contributed by atoms with Crippen LogP contribution in [0.1, 0.15) is 43.7 Å². The van der Waals surface area contributed by atoms with Crippen LogP contribution in [0, 0.1) is 6.92 Å². The second-order valence-electron chi connectivity index (χ2n) is 5.97. The van der Waals surface area contributed by atoms with Crippen LogP contribution < -0.4 is 10.6 Å². The summed E-state index contributed by atoms with van der Waals surface area (Å²) in [6.07, 6.45) is 4.01. The van der Waals surface area contributed by atoms with E-state index in [1.165, 1.54) is 11.1 Å². The minimum Gasteiger partial charge on any atom is -0.388 e. The fraction of sp³-hybridized carbons (Fsp3) is 0.588. The first kappa shape index (κ1) is 19.2. The van der Waals surface area contributed by atoms with Crippen molar-refractivity contribution in [1.82, 2.24) is 10.6 Å². The average Bonchev–Trinajstić information content (AvgIpc) is 2.89. The van der Waals surface area contributed by atoms with E-state index in [0.29, 0.717) is 13.1 Å². The molecule has 2 rings (SSSR count). The summed E-state index contributed by atoms with van der Waals surface area (Å²) in [6, 6.07) is 8.39. The molecule has 0 atom stereocenters. The third kappa shape index (κ3) is 6.12. The number of hydrogen-bond acceptors (Lipinski definition) is 2. The van der Waals surface area contributed by atoms with Crippen molar-refractivity contribution in [2.75, 3.05) is 13.1 Å². The summed E-state index contributed by atoms with van der Waals surface area (Å²) < 4.78 is 0. The zero-order valence-electron chi connectivity index (χ0n) is 13.6. The predicted molar refractivity (Wildman–Crippen MR) is 103 cm³/mol. The molecule has 0 spiro atoms. The number of halogens is 1. The lowest BCUT2D eigenvalue weighted by Crippen LogP contribution is -2.46. The highest BCUT2D eigenvalue weighted by Crippen LogP contribution is 2.28. The molecular weight excluding hydrogens is 389 g/mol. The average molecular weight is 417 g/mol. The summed E-state index contributed by atoms with van der Waals surface area (Å²) in [7, 11) is 0. The minimum absolute atomic E-state index is 0. The molecule has 1 saturated carbocycles. The highest BCUT2D eigenvalue weighted by atomic mass is 127. The molecule has 0 amide bonds. The maximum atomic E-state index is 10.4. The zero-order chi connectivity index (χ0) is 15.1. The molecule has 4 nitrogen and oxygen atoms in total. The monoisotopic (exact) mass is 417 g/mol. The molecule has 22 heavy (non-hydrogen) atoms. The Balaban J connectivity index is 0.00000242. The van der Waals surface area contributed by atoms with Crippen molar-refractivity contribution in [3.8, 4) is 0 Å². The fourth-order valence-corrected chi connectivity index (χ4v) is 2.78. The lowest BCUT2D eigenvalue weighted by Gasteiger charge is -2.23. The Hall–Kier alpha value is -0.820. The van der Waals surface area contributed by atoms with Crippen molar-refractivity contribution in [3.63, 3.8) is 0 Å². The standard InChI is InChI=1S/C17H27N3O.HI/c1-3-18-16(20-13-17(21)9-4-5-10-17)19-12-15-8-6-7-14(2)11-15;/h6-8,11,21H,3-5,9-10,12-13H2,1-2H3,(H2,18,19,20);1H. The first-order valence-corrected chi connectivity index (χ1v) is 7.91. The van der Waals surface area contributed by atoms with Gasteiger partial charge in [0.2, 0.25) is 0 Å². The number of aliphatic hydroxyl groups is 1. The second kappa shape index (κ2) is 9.35. The number of guanidine groups is 1. The maximum absolute atomic E-state index is 10.4. The van der Waals surface area contributed by atoms with Crippen LogP contribution in [0.15, 0.2) is 29.3 Å². The molecule has 3 N–H and O–H groups in total. The second-order valence-corrected chi connectivity index (χ2v) is 5.97. The van der Waals surface area contributed by atoms with Gasteiger partial charge in [-0.2, -0.15) is 0 Å². The van der Waals surface area contributed by atoms with Gasteiger partial charge in [0.15, 0.2) is 5.96 Å². The highest BCUT2D eigenvalue weighted by Gasteiger charge is 2.30. The van der Waals surface area contributed by atoms with E-state index >= 15 is 0 Å². The largest absolute Gasteiger partial charge is 0.388 e. The van der Waals surface area contributed by atoms with Crippen molar-refractivity contribution in [3.05, 3.63) is 35.4 Å². The van der Waals surface area contributed by atoms with E-state index in [1.54, 1.807) is 0 Å². The third-order valence-corrected chi connectivity index (χ3v) is 3.97. The van der Waals surface area contributed by atoms with Crippen LogP contribution >= 0.6 is 24.0 Å². The van der Waals surface area contributed by atoms with E-state index in [-0.39, 0.29) is 24.0 Å². The van der Waals surface area contributed by atoms with Crippen LogP contribution in [-0.4, -0.2) is 29.8 Å². The van der Waals surface area contributed by atoms with Crippen LogP contribution in [0.3, 0.4) is 0 Å². The zero-order valence-corrected chi connectivity index (χ0v) is 15.9. The Kier molecular flexibility index (Phi) is 8.17. The van der Waals surface area contributed by atoms with Gasteiger partial charge in [-0.3, -0.25) is 0 Å². The number of aliphatic imine (C=N–C) groups is 1. The summed E-state index contributed by atoms with van der Waals surface area (Å²) in [4.78, 5) is 4.60.